The van der Waals surface area contributed by atoms with Crippen LogP contribution in [-0.4, -0.2) is 26.3 Å². The molecule has 0 aliphatic rings. The Morgan fingerprint density at radius 3 is 2.27 bits per heavy atom. The van der Waals surface area contributed by atoms with E-state index in [9.17, 15) is 22.8 Å². The van der Waals surface area contributed by atoms with E-state index in [1.165, 1.54) is 31.2 Å². The Bertz CT molecular complexity index is 1380. The van der Waals surface area contributed by atoms with Crippen molar-refractivity contribution in [1.82, 2.24) is 14.6 Å². The van der Waals surface area contributed by atoms with Gasteiger partial charge in [0.2, 0.25) is 0 Å². The molecule has 2 aromatic carbocycles. The zero-order valence-electron chi connectivity index (χ0n) is 16.7. The summed E-state index contributed by atoms with van der Waals surface area (Å²) in [6.07, 6.45) is -4.78. The Morgan fingerprint density at radius 1 is 1.06 bits per heavy atom. The number of carbonyl (C=O) groups excluding carboxylic acids is 2. The molecule has 6 nitrogen and oxygen atoms in total. The van der Waals surface area contributed by atoms with Gasteiger partial charge in [0, 0.05) is 21.3 Å². The summed E-state index contributed by atoms with van der Waals surface area (Å²) in [6, 6.07) is 13.4. The van der Waals surface area contributed by atoms with Crippen molar-refractivity contribution >= 4 is 50.6 Å². The zero-order valence-corrected chi connectivity index (χ0v) is 19.1. The van der Waals surface area contributed by atoms with Gasteiger partial charge in [0.05, 0.1) is 5.69 Å². The zero-order chi connectivity index (χ0) is 23.9. The average Bonchev–Trinajstić information content (AvgIpc) is 3.10. The summed E-state index contributed by atoms with van der Waals surface area (Å²) >= 11 is 9.54. The van der Waals surface area contributed by atoms with Crippen LogP contribution in [0.3, 0.4) is 0 Å². The van der Waals surface area contributed by atoms with Gasteiger partial charge in [-0.2, -0.15) is 18.3 Å². The van der Waals surface area contributed by atoms with Gasteiger partial charge in [-0.3, -0.25) is 9.59 Å². The SMILES string of the molecule is CC(=O)c1ccc(NC(=O)c2nn3c(C(F)(F)F)cc(-c4ccc(Br)cc4)nc3c2Cl)cc1. The molecule has 4 rings (SSSR count). The summed E-state index contributed by atoms with van der Waals surface area (Å²) in [5.41, 5.74) is -0.635. The average molecular weight is 538 g/mol. The number of Topliss-reactive ketones (excluding diaryl/α,β-unsaturated/α-hetero) is 1. The van der Waals surface area contributed by atoms with Gasteiger partial charge >= 0.3 is 6.18 Å². The number of halogens is 5. The van der Waals surface area contributed by atoms with E-state index >= 15 is 0 Å². The van der Waals surface area contributed by atoms with Crippen molar-refractivity contribution < 1.29 is 22.8 Å². The molecule has 0 spiro atoms. The standard InChI is InChI=1S/C22H13BrClF3N4O2/c1-11(32)12-4-8-15(9-5-12)28-21(33)19-18(24)20-29-16(13-2-6-14(23)7-3-13)10-17(22(25,26)27)31(20)30-19/h2-10H,1H3,(H,28,33). The number of hydrogen-bond acceptors (Lipinski definition) is 4. The van der Waals surface area contributed by atoms with Crippen LogP contribution in [0.5, 0.6) is 0 Å². The molecule has 4 aromatic rings. The van der Waals surface area contributed by atoms with Gasteiger partial charge in [-0.1, -0.05) is 39.7 Å². The summed E-state index contributed by atoms with van der Waals surface area (Å²) < 4.78 is 42.7. The lowest BCUT2D eigenvalue weighted by atomic mass is 10.1. The van der Waals surface area contributed by atoms with Crippen LogP contribution in [0.2, 0.25) is 5.02 Å². The van der Waals surface area contributed by atoms with E-state index in [2.05, 4.69) is 31.3 Å². The molecule has 1 N–H and O–H groups in total. The Morgan fingerprint density at radius 2 is 1.70 bits per heavy atom. The number of alkyl halides is 3. The number of nitrogens with zero attached hydrogens (tertiary/aromatic N) is 3. The first-order chi connectivity index (χ1) is 15.5. The fourth-order valence-electron chi connectivity index (χ4n) is 3.09. The highest BCUT2D eigenvalue weighted by Gasteiger charge is 2.36. The topological polar surface area (TPSA) is 76.4 Å². The molecule has 11 heteroatoms. The van der Waals surface area contributed by atoms with Crippen molar-refractivity contribution in [2.45, 2.75) is 13.1 Å². The van der Waals surface area contributed by atoms with Gasteiger partial charge in [0.1, 0.15) is 5.02 Å². The minimum atomic E-state index is -4.78. The second kappa shape index (κ2) is 8.60. The van der Waals surface area contributed by atoms with Crippen molar-refractivity contribution in [2.75, 3.05) is 5.32 Å². The fourth-order valence-corrected chi connectivity index (χ4v) is 3.60. The van der Waals surface area contributed by atoms with E-state index in [0.717, 1.165) is 10.5 Å². The highest BCUT2D eigenvalue weighted by molar-refractivity contribution is 9.10. The van der Waals surface area contributed by atoms with Gasteiger partial charge in [-0.15, -0.1) is 0 Å². The molecule has 0 aliphatic carbocycles. The third-order valence-corrected chi connectivity index (χ3v) is 5.60. The molecular formula is C22H13BrClF3N4O2. The number of rotatable bonds is 4. The second-order valence-electron chi connectivity index (χ2n) is 7.02. The molecule has 2 aromatic heterocycles. The Balaban J connectivity index is 1.78. The van der Waals surface area contributed by atoms with Gasteiger partial charge in [0.15, 0.2) is 22.8 Å². The van der Waals surface area contributed by atoms with Crippen molar-refractivity contribution in [3.05, 3.63) is 81.0 Å². The van der Waals surface area contributed by atoms with Crippen molar-refractivity contribution in [2.24, 2.45) is 0 Å². The number of aromatic nitrogens is 3. The molecule has 0 aliphatic heterocycles. The van der Waals surface area contributed by atoms with Crippen LogP contribution in [0.1, 0.15) is 33.5 Å². The smallest absolute Gasteiger partial charge is 0.321 e. The molecule has 0 bridgehead atoms. The number of benzene rings is 2. The third-order valence-electron chi connectivity index (χ3n) is 4.73. The summed E-state index contributed by atoms with van der Waals surface area (Å²) in [4.78, 5) is 28.3. The van der Waals surface area contributed by atoms with Crippen molar-refractivity contribution in [3.8, 4) is 11.3 Å². The molecule has 0 saturated heterocycles. The van der Waals surface area contributed by atoms with E-state index in [4.69, 9.17) is 11.6 Å². The Kier molecular flexibility index (Phi) is 5.98. The maximum atomic E-state index is 13.8. The van der Waals surface area contributed by atoms with Gasteiger partial charge < -0.3 is 5.32 Å². The predicted octanol–water partition coefficient (Wildman–Crippen LogP) is 6.29. The van der Waals surface area contributed by atoms with Crippen LogP contribution in [0.15, 0.2) is 59.1 Å². The first kappa shape index (κ1) is 22.9. The summed E-state index contributed by atoms with van der Waals surface area (Å²) in [7, 11) is 0. The number of ketones is 1. The molecule has 33 heavy (non-hydrogen) atoms. The quantitative estimate of drug-likeness (QED) is 0.311. The number of hydrogen-bond donors (Lipinski definition) is 1. The van der Waals surface area contributed by atoms with Gasteiger partial charge in [-0.25, -0.2) is 9.50 Å². The lowest BCUT2D eigenvalue weighted by Gasteiger charge is -2.11. The second-order valence-corrected chi connectivity index (χ2v) is 8.31. The monoisotopic (exact) mass is 536 g/mol. The largest absolute Gasteiger partial charge is 0.433 e. The number of amides is 1. The molecule has 1 amide bonds. The van der Waals surface area contributed by atoms with E-state index in [0.29, 0.717) is 21.3 Å². The number of fused-ring (bicyclic) bond motifs is 1. The number of carbonyl (C=O) groups is 2. The summed E-state index contributed by atoms with van der Waals surface area (Å²) in [5.74, 6) is -0.969. The van der Waals surface area contributed by atoms with E-state index in [1.54, 1.807) is 24.3 Å². The van der Waals surface area contributed by atoms with Crippen LogP contribution in [0.4, 0.5) is 18.9 Å². The highest BCUT2D eigenvalue weighted by atomic mass is 79.9. The molecule has 0 unspecified atom stereocenters. The van der Waals surface area contributed by atoms with E-state index < -0.39 is 23.5 Å². The molecule has 168 valence electrons. The Labute approximate surface area is 198 Å². The minimum absolute atomic E-state index is 0.0240. The van der Waals surface area contributed by atoms with Crippen molar-refractivity contribution in [3.63, 3.8) is 0 Å². The third kappa shape index (κ3) is 4.62. The predicted molar refractivity (Wildman–Crippen MR) is 121 cm³/mol. The van der Waals surface area contributed by atoms with Crippen LogP contribution in [0, 0.1) is 0 Å². The van der Waals surface area contributed by atoms with Crippen LogP contribution in [0.25, 0.3) is 16.9 Å². The summed E-state index contributed by atoms with van der Waals surface area (Å²) in [6.45, 7) is 1.40. The first-order valence-corrected chi connectivity index (χ1v) is 10.6. The molecule has 0 fully saturated rings. The first-order valence-electron chi connectivity index (χ1n) is 9.39. The lowest BCUT2D eigenvalue weighted by Crippen LogP contribution is -2.16. The van der Waals surface area contributed by atoms with E-state index in [-0.39, 0.29) is 22.1 Å². The molecular weight excluding hydrogens is 525 g/mol. The number of anilines is 1. The molecule has 0 saturated carbocycles. The van der Waals surface area contributed by atoms with Gasteiger partial charge in [0.25, 0.3) is 5.91 Å². The molecule has 0 radical (unpaired) electrons. The molecule has 2 heterocycles. The maximum Gasteiger partial charge on any atom is 0.433 e. The Hall–Kier alpha value is -3.24. The van der Waals surface area contributed by atoms with Crippen LogP contribution < -0.4 is 5.32 Å². The van der Waals surface area contributed by atoms with Crippen molar-refractivity contribution in [1.29, 1.82) is 0 Å². The van der Waals surface area contributed by atoms with Crippen LogP contribution >= 0.6 is 27.5 Å². The minimum Gasteiger partial charge on any atom is -0.321 e. The fraction of sp³-hybridized carbons (Fsp3) is 0.0909. The lowest BCUT2D eigenvalue weighted by molar-refractivity contribution is -0.142. The normalized spacial score (nSPS) is 11.6. The maximum absolute atomic E-state index is 13.8. The van der Waals surface area contributed by atoms with E-state index in [1.807, 2.05) is 0 Å². The van der Waals surface area contributed by atoms with Crippen LogP contribution in [-0.2, 0) is 6.18 Å². The van der Waals surface area contributed by atoms with Gasteiger partial charge in [-0.05, 0) is 49.4 Å². The number of nitrogens with one attached hydrogen (secondary N) is 1. The summed E-state index contributed by atoms with van der Waals surface area (Å²) in [5, 5.41) is 5.99. The highest BCUT2D eigenvalue weighted by Crippen LogP contribution is 2.35. The molecule has 0 atom stereocenters.